The zero-order valence-corrected chi connectivity index (χ0v) is 16.3. The van der Waals surface area contributed by atoms with Crippen molar-refractivity contribution >= 4 is 23.4 Å². The Kier molecular flexibility index (Phi) is 5.08. The largest absolute Gasteiger partial charge is 0.478 e. The Bertz CT molecular complexity index is 1070. The second-order valence-electron chi connectivity index (χ2n) is 7.53. The van der Waals surface area contributed by atoms with Crippen LogP contribution in [0, 0.1) is 12.7 Å². The number of benzene rings is 1. The molecule has 3 heterocycles. The van der Waals surface area contributed by atoms with Gasteiger partial charge in [-0.3, -0.25) is 9.69 Å². The molecule has 0 spiro atoms. The summed E-state index contributed by atoms with van der Waals surface area (Å²) in [5, 5.41) is 11.9. The minimum atomic E-state index is -4.62. The fraction of sp³-hybridized carbons (Fsp3) is 0.350. The molecule has 1 fully saturated rings. The Morgan fingerprint density at radius 2 is 2.06 bits per heavy atom. The van der Waals surface area contributed by atoms with Gasteiger partial charge in [-0.15, -0.1) is 0 Å². The molecule has 1 amide bonds. The maximum Gasteiger partial charge on any atom is 0.416 e. The number of hydrogen-bond donors (Lipinski definition) is 2. The van der Waals surface area contributed by atoms with Gasteiger partial charge in [-0.2, -0.15) is 13.2 Å². The molecule has 11 heteroatoms. The van der Waals surface area contributed by atoms with Gasteiger partial charge in [-0.25, -0.2) is 14.2 Å². The first-order chi connectivity index (χ1) is 14.6. The maximum atomic E-state index is 13.6. The van der Waals surface area contributed by atoms with Gasteiger partial charge in [0.2, 0.25) is 5.91 Å². The van der Waals surface area contributed by atoms with Gasteiger partial charge in [-0.1, -0.05) is 0 Å². The van der Waals surface area contributed by atoms with E-state index in [0.29, 0.717) is 30.2 Å². The second kappa shape index (κ2) is 7.49. The van der Waals surface area contributed by atoms with Crippen molar-refractivity contribution in [3.05, 3.63) is 52.5 Å². The number of nitrogens with one attached hydrogen (secondary N) is 1. The van der Waals surface area contributed by atoms with Gasteiger partial charge in [-0.05, 0) is 36.2 Å². The number of hydrogen-bond acceptors (Lipinski definition) is 5. The fourth-order valence-electron chi connectivity index (χ4n) is 4.05. The normalized spacial score (nSPS) is 18.9. The number of rotatable bonds is 3. The summed E-state index contributed by atoms with van der Waals surface area (Å²) in [5.41, 5.74) is -0.437. The van der Waals surface area contributed by atoms with Gasteiger partial charge in [0.15, 0.2) is 5.82 Å². The molecule has 31 heavy (non-hydrogen) atoms. The third-order valence-corrected chi connectivity index (χ3v) is 5.60. The summed E-state index contributed by atoms with van der Waals surface area (Å²) in [6.45, 7) is 2.13. The first-order valence-corrected chi connectivity index (χ1v) is 9.44. The van der Waals surface area contributed by atoms with Crippen molar-refractivity contribution in [3.63, 3.8) is 0 Å². The summed E-state index contributed by atoms with van der Waals surface area (Å²) in [4.78, 5) is 31.6. The third-order valence-electron chi connectivity index (χ3n) is 5.60. The highest BCUT2D eigenvalue weighted by Crippen LogP contribution is 2.37. The molecular formula is C20H18F4N4O3. The van der Waals surface area contributed by atoms with E-state index >= 15 is 0 Å². The summed E-state index contributed by atoms with van der Waals surface area (Å²) < 4.78 is 53.5. The van der Waals surface area contributed by atoms with Crippen LogP contribution in [-0.4, -0.2) is 52.5 Å². The van der Waals surface area contributed by atoms with Crippen LogP contribution in [0.2, 0.25) is 0 Å². The number of anilines is 2. The lowest BCUT2D eigenvalue weighted by molar-refractivity contribution is -0.138. The van der Waals surface area contributed by atoms with Crippen LogP contribution in [0.15, 0.2) is 24.4 Å². The van der Waals surface area contributed by atoms with E-state index in [9.17, 15) is 32.3 Å². The topological polar surface area (TPSA) is 85.8 Å². The van der Waals surface area contributed by atoms with Crippen LogP contribution in [0.1, 0.15) is 27.0 Å². The van der Waals surface area contributed by atoms with Gasteiger partial charge in [0, 0.05) is 32.4 Å². The monoisotopic (exact) mass is 438 g/mol. The molecule has 4 rings (SSSR count). The summed E-state index contributed by atoms with van der Waals surface area (Å²) >= 11 is 0. The van der Waals surface area contributed by atoms with E-state index < -0.39 is 35.5 Å². The quantitative estimate of drug-likeness (QED) is 0.717. The van der Waals surface area contributed by atoms with Gasteiger partial charge in [0.1, 0.15) is 11.9 Å². The number of carbonyl (C=O) groups excluding carboxylic acids is 1. The lowest BCUT2D eigenvalue weighted by Crippen LogP contribution is -2.60. The molecule has 1 unspecified atom stereocenters. The number of halogens is 4. The van der Waals surface area contributed by atoms with Crippen molar-refractivity contribution in [2.24, 2.45) is 0 Å². The summed E-state index contributed by atoms with van der Waals surface area (Å²) in [7, 11) is 0. The number of carboxylic acid groups (broad SMARTS) is 1. The number of pyridine rings is 1. The lowest BCUT2D eigenvalue weighted by atomic mass is 10.0. The van der Waals surface area contributed by atoms with Crippen molar-refractivity contribution in [1.29, 1.82) is 0 Å². The minimum absolute atomic E-state index is 0.0260. The molecule has 0 bridgehead atoms. The van der Waals surface area contributed by atoms with Gasteiger partial charge < -0.3 is 15.3 Å². The average Bonchev–Trinajstić information content (AvgIpc) is 2.68. The van der Waals surface area contributed by atoms with Gasteiger partial charge in [0.25, 0.3) is 0 Å². The van der Waals surface area contributed by atoms with Crippen LogP contribution < -0.4 is 10.2 Å². The van der Waals surface area contributed by atoms with Crippen molar-refractivity contribution < 1.29 is 32.3 Å². The first-order valence-electron chi connectivity index (χ1n) is 9.44. The van der Waals surface area contributed by atoms with E-state index in [1.54, 1.807) is 16.7 Å². The molecule has 1 aromatic heterocycles. The predicted octanol–water partition coefficient (Wildman–Crippen LogP) is 2.89. The first kappa shape index (κ1) is 21.0. The highest BCUT2D eigenvalue weighted by molar-refractivity contribution is 6.05. The van der Waals surface area contributed by atoms with E-state index in [2.05, 4.69) is 10.3 Å². The van der Waals surface area contributed by atoms with Crippen LogP contribution >= 0.6 is 0 Å². The molecule has 2 aliphatic rings. The summed E-state index contributed by atoms with van der Waals surface area (Å²) in [6, 6.07) is 1.64. The Hall–Kier alpha value is -3.21. The van der Waals surface area contributed by atoms with Gasteiger partial charge >= 0.3 is 12.1 Å². The maximum absolute atomic E-state index is 13.6. The van der Waals surface area contributed by atoms with Crippen molar-refractivity contribution in [2.75, 3.05) is 29.9 Å². The van der Waals surface area contributed by atoms with Crippen LogP contribution in [0.25, 0.3) is 0 Å². The fourth-order valence-corrected chi connectivity index (χ4v) is 4.05. The standard InChI is InChI=1S/C20H18F4N4O3/c1-10-13(19(30)31)7-25-17-16(10)26-18(29)15-9-27(4-5-28(15)17)8-11-6-12(21)2-3-14(11)20(22,23)24/h2-3,6-7,15H,4-5,8-9H2,1H3,(H,26,29)(H,30,31). The highest BCUT2D eigenvalue weighted by atomic mass is 19.4. The van der Waals surface area contributed by atoms with E-state index in [4.69, 9.17) is 0 Å². The number of piperazine rings is 1. The number of nitrogens with zero attached hydrogens (tertiary/aromatic N) is 3. The van der Waals surface area contributed by atoms with E-state index in [-0.39, 0.29) is 24.2 Å². The molecule has 2 aliphatic heterocycles. The van der Waals surface area contributed by atoms with Crippen LogP contribution in [0.5, 0.6) is 0 Å². The zero-order chi connectivity index (χ0) is 22.5. The Balaban J connectivity index is 1.59. The lowest BCUT2D eigenvalue weighted by Gasteiger charge is -2.44. The smallest absolute Gasteiger partial charge is 0.416 e. The predicted molar refractivity (Wildman–Crippen MR) is 102 cm³/mol. The van der Waals surface area contributed by atoms with E-state index in [0.717, 1.165) is 18.2 Å². The molecule has 2 N–H and O–H groups in total. The molecule has 0 aliphatic carbocycles. The molecule has 1 aromatic carbocycles. The second-order valence-corrected chi connectivity index (χ2v) is 7.53. The molecule has 1 saturated heterocycles. The minimum Gasteiger partial charge on any atom is -0.478 e. The summed E-state index contributed by atoms with van der Waals surface area (Å²) in [6.07, 6.45) is -3.39. The number of carboxylic acids is 1. The molecular weight excluding hydrogens is 420 g/mol. The SMILES string of the molecule is Cc1c(C(=O)O)cnc2c1NC(=O)C1CN(Cc3cc(F)ccc3C(F)(F)F)CCN21. The molecule has 164 valence electrons. The van der Waals surface area contributed by atoms with Crippen molar-refractivity contribution in [1.82, 2.24) is 9.88 Å². The van der Waals surface area contributed by atoms with Crippen LogP contribution in [-0.2, 0) is 17.5 Å². The number of carbonyl (C=O) groups is 2. The Morgan fingerprint density at radius 1 is 1.32 bits per heavy atom. The van der Waals surface area contributed by atoms with Crippen molar-refractivity contribution in [2.45, 2.75) is 25.7 Å². The van der Waals surface area contributed by atoms with Crippen LogP contribution in [0.4, 0.5) is 29.1 Å². The number of amides is 1. The van der Waals surface area contributed by atoms with Crippen LogP contribution in [0.3, 0.4) is 0 Å². The van der Waals surface area contributed by atoms with E-state index in [1.807, 2.05) is 0 Å². The third kappa shape index (κ3) is 3.80. The molecule has 2 aromatic rings. The average molecular weight is 438 g/mol. The number of fused-ring (bicyclic) bond motifs is 3. The number of alkyl halides is 3. The zero-order valence-electron chi connectivity index (χ0n) is 16.3. The molecule has 0 radical (unpaired) electrons. The number of aromatic carboxylic acids is 1. The number of aromatic nitrogens is 1. The van der Waals surface area contributed by atoms with E-state index in [1.165, 1.54) is 6.20 Å². The van der Waals surface area contributed by atoms with Crippen molar-refractivity contribution in [3.8, 4) is 0 Å². The molecule has 1 atom stereocenters. The Morgan fingerprint density at radius 3 is 2.74 bits per heavy atom. The Labute approximate surface area is 174 Å². The highest BCUT2D eigenvalue weighted by Gasteiger charge is 2.40. The summed E-state index contributed by atoms with van der Waals surface area (Å²) in [5.74, 6) is -1.90. The molecule has 0 saturated carbocycles. The molecule has 7 nitrogen and oxygen atoms in total. The van der Waals surface area contributed by atoms with Gasteiger partial charge in [0.05, 0.1) is 16.8 Å².